The van der Waals surface area contributed by atoms with Crippen LogP contribution in [0, 0.1) is 5.92 Å². The van der Waals surface area contributed by atoms with Crippen molar-refractivity contribution in [2.75, 3.05) is 13.2 Å². The molecule has 1 aromatic carbocycles. The summed E-state index contributed by atoms with van der Waals surface area (Å²) < 4.78 is 17.8. The van der Waals surface area contributed by atoms with E-state index in [-0.39, 0.29) is 18.6 Å². The summed E-state index contributed by atoms with van der Waals surface area (Å²) in [4.78, 5) is 0. The normalized spacial score (nSPS) is 36.4. The second-order valence-corrected chi connectivity index (χ2v) is 7.15. The van der Waals surface area contributed by atoms with Crippen LogP contribution in [0.25, 0.3) is 0 Å². The number of aliphatic hydroxyl groups excluding tert-OH is 2. The highest BCUT2D eigenvalue weighted by atomic mass is 16.8. The Morgan fingerprint density at radius 2 is 1.96 bits per heavy atom. The van der Waals surface area contributed by atoms with Gasteiger partial charge in [-0.2, -0.15) is 0 Å². The lowest BCUT2D eigenvalue weighted by Gasteiger charge is -2.43. The number of aliphatic hydroxyl groups is 2. The minimum Gasteiger partial charge on any atom is -0.396 e. The van der Waals surface area contributed by atoms with E-state index < -0.39 is 17.5 Å². The lowest BCUT2D eigenvalue weighted by molar-refractivity contribution is -0.204. The summed E-state index contributed by atoms with van der Waals surface area (Å²) in [6.07, 6.45) is 0.0838. The predicted octanol–water partition coefficient (Wildman–Crippen LogP) is 1.86. The Morgan fingerprint density at radius 3 is 2.57 bits per heavy atom. The number of rotatable bonds is 4. The Bertz CT molecular complexity index is 517. The van der Waals surface area contributed by atoms with E-state index in [4.69, 9.17) is 14.2 Å². The summed E-state index contributed by atoms with van der Waals surface area (Å²) in [5.74, 6) is -0.895. The first-order chi connectivity index (χ1) is 10.9. The van der Waals surface area contributed by atoms with Crippen molar-refractivity contribution in [2.24, 2.45) is 5.92 Å². The van der Waals surface area contributed by atoms with Gasteiger partial charge >= 0.3 is 0 Å². The highest BCUT2D eigenvalue weighted by Crippen LogP contribution is 2.44. The van der Waals surface area contributed by atoms with Gasteiger partial charge in [0.25, 0.3) is 0 Å². The average molecular weight is 322 g/mol. The lowest BCUT2D eigenvalue weighted by atomic mass is 9.75. The summed E-state index contributed by atoms with van der Waals surface area (Å²) in [7, 11) is 0. The molecule has 0 bridgehead atoms. The number of benzene rings is 1. The Kier molecular flexibility index (Phi) is 4.76. The molecule has 1 heterocycles. The van der Waals surface area contributed by atoms with Crippen molar-refractivity contribution in [2.45, 2.75) is 56.9 Å². The second-order valence-electron chi connectivity index (χ2n) is 7.15. The van der Waals surface area contributed by atoms with Crippen LogP contribution >= 0.6 is 0 Å². The minimum absolute atomic E-state index is 0.0854. The quantitative estimate of drug-likeness (QED) is 0.885. The van der Waals surface area contributed by atoms with Crippen LogP contribution in [0.5, 0.6) is 0 Å². The number of hydrogen-bond acceptors (Lipinski definition) is 5. The largest absolute Gasteiger partial charge is 0.396 e. The summed E-state index contributed by atoms with van der Waals surface area (Å²) in [5, 5.41) is 20.1. The number of ether oxygens (including phenoxy) is 3. The van der Waals surface area contributed by atoms with Crippen LogP contribution in [0.4, 0.5) is 0 Å². The molecular weight excluding hydrogens is 296 g/mol. The van der Waals surface area contributed by atoms with Crippen LogP contribution in [-0.4, -0.2) is 47.0 Å². The molecule has 2 N–H and O–H groups in total. The average Bonchev–Trinajstić information content (AvgIpc) is 2.84. The first-order valence-electron chi connectivity index (χ1n) is 8.22. The Morgan fingerprint density at radius 1 is 1.22 bits per heavy atom. The SMILES string of the molecule is CC1(C)OC[C@@]2(C[C@H](CO)[C@@H](O)[C@H](OCc3ccccc3)C2)O1. The van der Waals surface area contributed by atoms with Gasteiger partial charge in [0.05, 0.1) is 31.0 Å². The van der Waals surface area contributed by atoms with Gasteiger partial charge in [-0.1, -0.05) is 30.3 Å². The maximum Gasteiger partial charge on any atom is 0.163 e. The topological polar surface area (TPSA) is 68.2 Å². The van der Waals surface area contributed by atoms with Crippen LogP contribution in [0.15, 0.2) is 30.3 Å². The maximum absolute atomic E-state index is 10.5. The molecule has 0 aromatic heterocycles. The molecule has 0 unspecified atom stereocenters. The molecule has 23 heavy (non-hydrogen) atoms. The van der Waals surface area contributed by atoms with Crippen LogP contribution in [0.3, 0.4) is 0 Å². The van der Waals surface area contributed by atoms with E-state index in [0.717, 1.165) is 5.56 Å². The van der Waals surface area contributed by atoms with E-state index in [1.165, 1.54) is 0 Å². The molecule has 4 atom stereocenters. The van der Waals surface area contributed by atoms with Crippen LogP contribution < -0.4 is 0 Å². The predicted molar refractivity (Wildman–Crippen MR) is 84.7 cm³/mol. The third-order valence-corrected chi connectivity index (χ3v) is 4.76. The third-order valence-electron chi connectivity index (χ3n) is 4.76. The van der Waals surface area contributed by atoms with Crippen molar-refractivity contribution in [1.29, 1.82) is 0 Å². The van der Waals surface area contributed by atoms with E-state index in [0.29, 0.717) is 26.1 Å². The fraction of sp³-hybridized carbons (Fsp3) is 0.667. The van der Waals surface area contributed by atoms with Crippen LogP contribution in [0.1, 0.15) is 32.3 Å². The summed E-state index contributed by atoms with van der Waals surface area (Å²) in [6.45, 7) is 4.59. The molecule has 0 amide bonds. The first kappa shape index (κ1) is 16.9. The van der Waals surface area contributed by atoms with Crippen molar-refractivity contribution >= 4 is 0 Å². The fourth-order valence-electron chi connectivity index (χ4n) is 3.67. The molecule has 1 aromatic rings. The molecule has 1 spiro atoms. The van der Waals surface area contributed by atoms with Gasteiger partial charge in [-0.3, -0.25) is 0 Å². The zero-order valence-electron chi connectivity index (χ0n) is 13.8. The van der Waals surface area contributed by atoms with E-state index in [2.05, 4.69) is 0 Å². The minimum atomic E-state index is -0.693. The zero-order chi connectivity index (χ0) is 16.5. The van der Waals surface area contributed by atoms with E-state index in [1.807, 2.05) is 44.2 Å². The molecular formula is C18H26O5. The molecule has 1 saturated carbocycles. The Hall–Kier alpha value is -0.980. The highest BCUT2D eigenvalue weighted by molar-refractivity contribution is 5.13. The molecule has 3 rings (SSSR count). The summed E-state index contributed by atoms with van der Waals surface area (Å²) in [6, 6.07) is 9.87. The van der Waals surface area contributed by atoms with Gasteiger partial charge in [-0.15, -0.1) is 0 Å². The first-order valence-corrected chi connectivity index (χ1v) is 8.22. The number of hydrogen-bond donors (Lipinski definition) is 2. The van der Waals surface area contributed by atoms with Crippen molar-refractivity contribution in [1.82, 2.24) is 0 Å². The van der Waals surface area contributed by atoms with Gasteiger partial charge in [-0.05, 0) is 25.8 Å². The van der Waals surface area contributed by atoms with E-state index in [9.17, 15) is 10.2 Å². The third kappa shape index (κ3) is 3.75. The molecule has 1 saturated heterocycles. The zero-order valence-corrected chi connectivity index (χ0v) is 13.8. The van der Waals surface area contributed by atoms with Gasteiger partial charge in [0, 0.05) is 18.9 Å². The van der Waals surface area contributed by atoms with Crippen molar-refractivity contribution < 1.29 is 24.4 Å². The van der Waals surface area contributed by atoms with Crippen LogP contribution in [0.2, 0.25) is 0 Å². The molecule has 0 radical (unpaired) electrons. The lowest BCUT2D eigenvalue weighted by Crippen LogP contribution is -2.53. The van der Waals surface area contributed by atoms with E-state index in [1.54, 1.807) is 0 Å². The second kappa shape index (κ2) is 6.49. The monoisotopic (exact) mass is 322 g/mol. The molecule has 1 aliphatic carbocycles. The molecule has 2 aliphatic rings. The fourth-order valence-corrected chi connectivity index (χ4v) is 3.67. The van der Waals surface area contributed by atoms with Gasteiger partial charge in [-0.25, -0.2) is 0 Å². The van der Waals surface area contributed by atoms with Crippen molar-refractivity contribution in [3.05, 3.63) is 35.9 Å². The molecule has 128 valence electrons. The summed E-state index contributed by atoms with van der Waals surface area (Å²) >= 11 is 0. The molecule has 5 heteroatoms. The Balaban J connectivity index is 1.70. The van der Waals surface area contributed by atoms with Gasteiger partial charge in [0.2, 0.25) is 0 Å². The molecule has 5 nitrogen and oxygen atoms in total. The smallest absolute Gasteiger partial charge is 0.163 e. The maximum atomic E-state index is 10.5. The van der Waals surface area contributed by atoms with Crippen molar-refractivity contribution in [3.63, 3.8) is 0 Å². The highest BCUT2D eigenvalue weighted by Gasteiger charge is 2.53. The molecule has 2 fully saturated rings. The van der Waals surface area contributed by atoms with Gasteiger partial charge in [0.1, 0.15) is 0 Å². The van der Waals surface area contributed by atoms with E-state index >= 15 is 0 Å². The van der Waals surface area contributed by atoms with Crippen molar-refractivity contribution in [3.8, 4) is 0 Å². The summed E-state index contributed by atoms with van der Waals surface area (Å²) in [5.41, 5.74) is 0.570. The molecule has 1 aliphatic heterocycles. The van der Waals surface area contributed by atoms with Gasteiger partial charge in [0.15, 0.2) is 5.79 Å². The van der Waals surface area contributed by atoms with Gasteiger partial charge < -0.3 is 24.4 Å². The standard InChI is InChI=1S/C18H26O5/c1-17(2)22-12-18(23-17)8-14(10-19)16(20)15(9-18)21-11-13-6-4-3-5-7-13/h3-7,14-16,19-20H,8-12H2,1-2H3/t14-,15-,16-,18+/m1/s1. The van der Waals surface area contributed by atoms with Crippen LogP contribution in [-0.2, 0) is 20.8 Å². The Labute approximate surface area is 137 Å².